The van der Waals surface area contributed by atoms with Gasteiger partial charge in [-0.15, -0.1) is 0 Å². The lowest BCUT2D eigenvalue weighted by Crippen LogP contribution is -2.46. The molecule has 1 aromatic carbocycles. The largest absolute Gasteiger partial charge is 0.487 e. The lowest BCUT2D eigenvalue weighted by Gasteiger charge is -2.40. The molecule has 5 heteroatoms. The highest BCUT2D eigenvalue weighted by Crippen LogP contribution is 2.46. The molecule has 4 rings (SSSR count). The molecule has 1 saturated carbocycles. The van der Waals surface area contributed by atoms with E-state index in [2.05, 4.69) is 46.8 Å². The number of nitrogens with zero attached hydrogens (tertiary/aromatic N) is 2. The first kappa shape index (κ1) is 18.8. The second kappa shape index (κ2) is 8.21. The van der Waals surface area contributed by atoms with Gasteiger partial charge in [0.15, 0.2) is 5.96 Å². The van der Waals surface area contributed by atoms with Crippen LogP contribution in [0.15, 0.2) is 47.5 Å². The number of hydrogen-bond donors (Lipinski definition) is 2. The van der Waals surface area contributed by atoms with Crippen molar-refractivity contribution < 1.29 is 4.74 Å². The molecule has 1 unspecified atom stereocenters. The van der Waals surface area contributed by atoms with E-state index in [0.717, 1.165) is 48.9 Å². The summed E-state index contributed by atoms with van der Waals surface area (Å²) >= 11 is 0. The molecule has 0 bridgehead atoms. The van der Waals surface area contributed by atoms with E-state index in [1.807, 2.05) is 25.1 Å². The first-order chi connectivity index (χ1) is 13.7. The highest BCUT2D eigenvalue weighted by atomic mass is 16.5. The van der Waals surface area contributed by atoms with Gasteiger partial charge in [0.05, 0.1) is 18.3 Å². The molecular formula is C23H30N4O. The number of para-hydroxylation sites is 1. The summed E-state index contributed by atoms with van der Waals surface area (Å²) in [5.74, 6) is 1.85. The summed E-state index contributed by atoms with van der Waals surface area (Å²) in [6, 6.07) is 14.7. The summed E-state index contributed by atoms with van der Waals surface area (Å²) in [4.78, 5) is 9.36. The van der Waals surface area contributed by atoms with E-state index in [0.29, 0.717) is 6.54 Å². The van der Waals surface area contributed by atoms with E-state index in [1.54, 1.807) is 0 Å². The number of benzene rings is 1. The van der Waals surface area contributed by atoms with Crippen LogP contribution in [0.1, 0.15) is 62.0 Å². The summed E-state index contributed by atoms with van der Waals surface area (Å²) < 4.78 is 6.48. The Morgan fingerprint density at radius 3 is 2.79 bits per heavy atom. The normalized spacial score (nSPS) is 20.5. The van der Waals surface area contributed by atoms with E-state index < -0.39 is 0 Å². The Balaban J connectivity index is 1.56. The molecule has 0 radical (unpaired) electrons. The number of ether oxygens (including phenoxy) is 1. The minimum atomic E-state index is -0.0263. The van der Waals surface area contributed by atoms with Crippen molar-refractivity contribution >= 4 is 5.96 Å². The van der Waals surface area contributed by atoms with Crippen LogP contribution in [-0.2, 0) is 6.54 Å². The van der Waals surface area contributed by atoms with Crippen molar-refractivity contribution in [1.82, 2.24) is 15.6 Å². The predicted molar refractivity (Wildman–Crippen MR) is 113 cm³/mol. The van der Waals surface area contributed by atoms with Gasteiger partial charge in [0.25, 0.3) is 0 Å². The third-order valence-electron chi connectivity index (χ3n) is 5.71. The minimum absolute atomic E-state index is 0.0263. The number of pyridine rings is 1. The summed E-state index contributed by atoms with van der Waals surface area (Å²) in [6.45, 7) is 5.49. The molecule has 5 nitrogen and oxygen atoms in total. The smallest absolute Gasteiger partial charge is 0.192 e. The molecule has 0 saturated heterocycles. The fourth-order valence-corrected chi connectivity index (χ4v) is 4.41. The van der Waals surface area contributed by atoms with Crippen molar-refractivity contribution in [3.8, 4) is 5.75 Å². The lowest BCUT2D eigenvalue weighted by molar-refractivity contribution is 0.0396. The topological polar surface area (TPSA) is 58.5 Å². The maximum Gasteiger partial charge on any atom is 0.192 e. The van der Waals surface area contributed by atoms with Gasteiger partial charge in [-0.1, -0.05) is 24.3 Å². The van der Waals surface area contributed by atoms with Gasteiger partial charge in [0.2, 0.25) is 0 Å². The fraction of sp³-hybridized carbons (Fsp3) is 0.478. The summed E-state index contributed by atoms with van der Waals surface area (Å²) in [7, 11) is 0. The summed E-state index contributed by atoms with van der Waals surface area (Å²) in [5, 5.41) is 7.08. The van der Waals surface area contributed by atoms with E-state index in [1.165, 1.54) is 18.4 Å². The molecule has 1 aliphatic carbocycles. The SMILES string of the molecule is CCNC(=NCc1cccc(C)n1)NC1CC2(CCCC2)Oc2ccccc21. The molecule has 1 aromatic heterocycles. The van der Waals surface area contributed by atoms with Crippen LogP contribution in [0.2, 0.25) is 0 Å². The van der Waals surface area contributed by atoms with E-state index in [4.69, 9.17) is 9.73 Å². The molecule has 2 heterocycles. The number of fused-ring (bicyclic) bond motifs is 1. The monoisotopic (exact) mass is 378 g/mol. The quantitative estimate of drug-likeness (QED) is 0.616. The van der Waals surface area contributed by atoms with Gasteiger partial charge in [-0.25, -0.2) is 4.99 Å². The van der Waals surface area contributed by atoms with Gasteiger partial charge in [-0.2, -0.15) is 0 Å². The Kier molecular flexibility index (Phi) is 5.51. The van der Waals surface area contributed by atoms with E-state index in [-0.39, 0.29) is 11.6 Å². The zero-order chi connectivity index (χ0) is 19.4. The number of guanidine groups is 1. The molecule has 28 heavy (non-hydrogen) atoms. The van der Waals surface area contributed by atoms with Gasteiger partial charge < -0.3 is 15.4 Å². The Morgan fingerprint density at radius 1 is 1.18 bits per heavy atom. The molecule has 1 fully saturated rings. The number of hydrogen-bond acceptors (Lipinski definition) is 3. The summed E-state index contributed by atoms with van der Waals surface area (Å²) in [5.41, 5.74) is 3.20. The van der Waals surface area contributed by atoms with Gasteiger partial charge in [0, 0.05) is 24.2 Å². The average molecular weight is 379 g/mol. The second-order valence-corrected chi connectivity index (χ2v) is 7.90. The van der Waals surface area contributed by atoms with E-state index in [9.17, 15) is 0 Å². The molecular weight excluding hydrogens is 348 g/mol. The Morgan fingerprint density at radius 2 is 2.00 bits per heavy atom. The summed E-state index contributed by atoms with van der Waals surface area (Å²) in [6.07, 6.45) is 5.77. The van der Waals surface area contributed by atoms with Crippen molar-refractivity contribution in [1.29, 1.82) is 0 Å². The Hall–Kier alpha value is -2.56. The van der Waals surface area contributed by atoms with Crippen LogP contribution in [0.3, 0.4) is 0 Å². The number of aliphatic imine (C=N–C) groups is 1. The predicted octanol–water partition coefficient (Wildman–Crippen LogP) is 4.28. The van der Waals surface area contributed by atoms with Crippen molar-refractivity contribution in [2.24, 2.45) is 4.99 Å². The van der Waals surface area contributed by atoms with Crippen LogP contribution < -0.4 is 15.4 Å². The maximum atomic E-state index is 6.48. The van der Waals surface area contributed by atoms with Crippen LogP contribution in [-0.4, -0.2) is 23.1 Å². The van der Waals surface area contributed by atoms with Crippen LogP contribution in [0, 0.1) is 6.92 Å². The van der Waals surface area contributed by atoms with Gasteiger partial charge in [0.1, 0.15) is 11.4 Å². The van der Waals surface area contributed by atoms with Crippen molar-refractivity contribution in [2.75, 3.05) is 6.54 Å². The zero-order valence-corrected chi connectivity index (χ0v) is 16.9. The Bertz CT molecular complexity index is 842. The van der Waals surface area contributed by atoms with Crippen LogP contribution in [0.5, 0.6) is 5.75 Å². The van der Waals surface area contributed by atoms with Crippen molar-refractivity contribution in [3.63, 3.8) is 0 Å². The zero-order valence-electron chi connectivity index (χ0n) is 16.9. The van der Waals surface area contributed by atoms with Crippen molar-refractivity contribution in [2.45, 2.75) is 64.1 Å². The number of rotatable bonds is 4. The van der Waals surface area contributed by atoms with Gasteiger partial charge in [-0.3, -0.25) is 4.98 Å². The maximum absolute atomic E-state index is 6.48. The van der Waals surface area contributed by atoms with Crippen LogP contribution >= 0.6 is 0 Å². The first-order valence-electron chi connectivity index (χ1n) is 10.4. The minimum Gasteiger partial charge on any atom is -0.487 e. The molecule has 1 atom stereocenters. The molecule has 2 aromatic rings. The Labute approximate surface area is 167 Å². The fourth-order valence-electron chi connectivity index (χ4n) is 4.41. The van der Waals surface area contributed by atoms with Crippen molar-refractivity contribution in [3.05, 3.63) is 59.4 Å². The van der Waals surface area contributed by atoms with E-state index >= 15 is 0 Å². The number of aryl methyl sites for hydroxylation is 1. The first-order valence-corrected chi connectivity index (χ1v) is 10.4. The van der Waals surface area contributed by atoms with Gasteiger partial charge in [-0.05, 0) is 57.7 Å². The lowest BCUT2D eigenvalue weighted by atomic mass is 9.86. The number of nitrogens with one attached hydrogen (secondary N) is 2. The average Bonchev–Trinajstić information content (AvgIpc) is 3.13. The second-order valence-electron chi connectivity index (χ2n) is 7.90. The highest BCUT2D eigenvalue weighted by Gasteiger charge is 2.43. The van der Waals surface area contributed by atoms with Crippen LogP contribution in [0.4, 0.5) is 0 Å². The van der Waals surface area contributed by atoms with Crippen LogP contribution in [0.25, 0.3) is 0 Å². The molecule has 148 valence electrons. The highest BCUT2D eigenvalue weighted by molar-refractivity contribution is 5.80. The third-order valence-corrected chi connectivity index (χ3v) is 5.71. The molecule has 2 N–H and O–H groups in total. The molecule has 2 aliphatic rings. The molecule has 1 spiro atoms. The molecule has 0 amide bonds. The van der Waals surface area contributed by atoms with Gasteiger partial charge >= 0.3 is 0 Å². The number of aromatic nitrogens is 1. The molecule has 1 aliphatic heterocycles. The standard InChI is InChI=1S/C23H30N4O/c1-3-24-22(25-16-18-10-8-9-17(2)26-18)27-20-15-23(13-6-7-14-23)28-21-12-5-4-11-19(20)21/h4-5,8-12,20H,3,6-7,13-16H2,1-2H3,(H2,24,25,27). The third kappa shape index (κ3) is 4.13.